The van der Waals surface area contributed by atoms with Crippen LogP contribution in [-0.2, 0) is 9.36 Å². The van der Waals surface area contributed by atoms with Gasteiger partial charge in [0.25, 0.3) is 0 Å². The standard InChI is InChI=1S/C3H8NO5P.2Li.2H/c5-3(6)1-4-2-10(7,8)9;;;;/h4H,1-2H2,(H,5,6)(H2,7,8,9);;;;. The molecule has 0 spiro atoms. The summed E-state index contributed by atoms with van der Waals surface area (Å²) in [6, 6.07) is 0. The molecule has 0 amide bonds. The number of aliphatic carboxylic acids is 1. The van der Waals surface area contributed by atoms with Crippen molar-refractivity contribution in [1.29, 1.82) is 0 Å². The van der Waals surface area contributed by atoms with Crippen molar-refractivity contribution in [2.24, 2.45) is 0 Å². The van der Waals surface area contributed by atoms with Crippen molar-refractivity contribution in [3.05, 3.63) is 0 Å². The third-order valence-electron chi connectivity index (χ3n) is 0.594. The molecule has 0 aromatic heterocycles. The van der Waals surface area contributed by atoms with E-state index in [9.17, 15) is 9.36 Å². The topological polar surface area (TPSA) is 107 Å². The molecule has 0 aliphatic carbocycles. The van der Waals surface area contributed by atoms with Crippen molar-refractivity contribution in [1.82, 2.24) is 5.32 Å². The molecule has 0 fully saturated rings. The fourth-order valence-electron chi connectivity index (χ4n) is 0.308. The van der Waals surface area contributed by atoms with Crippen LogP contribution in [0.5, 0.6) is 0 Å². The number of nitrogens with one attached hydrogen (secondary N) is 1. The normalized spacial score (nSPS) is 9.50. The van der Waals surface area contributed by atoms with Gasteiger partial charge >= 0.3 is 51.3 Å². The van der Waals surface area contributed by atoms with Crippen LogP contribution in [0.25, 0.3) is 0 Å². The first kappa shape index (κ1) is 18.5. The van der Waals surface area contributed by atoms with Gasteiger partial charge in [0, 0.05) is 0 Å². The van der Waals surface area contributed by atoms with Gasteiger partial charge in [-0.05, 0) is 0 Å². The first-order valence-electron chi connectivity index (χ1n) is 2.39. The maximum atomic E-state index is 10.1. The zero-order chi connectivity index (χ0) is 8.20. The van der Waals surface area contributed by atoms with E-state index in [1.807, 2.05) is 0 Å². The number of carboxylic acids is 1. The minimum atomic E-state index is -4.10. The van der Waals surface area contributed by atoms with Gasteiger partial charge in [-0.15, -0.1) is 0 Å². The Hall–Kier alpha value is 0.775. The summed E-state index contributed by atoms with van der Waals surface area (Å²) in [6.45, 7) is -0.439. The Balaban J connectivity index is -0.000000405. The predicted octanol–water partition coefficient (Wildman–Crippen LogP) is -2.50. The Bertz CT molecular complexity index is 170. The van der Waals surface area contributed by atoms with Crippen LogP contribution in [0.4, 0.5) is 0 Å². The van der Waals surface area contributed by atoms with E-state index < -0.39 is 26.4 Å². The Labute approximate surface area is 93.6 Å². The Morgan fingerprint density at radius 1 is 1.33 bits per heavy atom. The van der Waals surface area contributed by atoms with Gasteiger partial charge in [-0.2, -0.15) is 0 Å². The van der Waals surface area contributed by atoms with Gasteiger partial charge in [0.1, 0.15) is 0 Å². The number of hydrogen-bond acceptors (Lipinski definition) is 3. The summed E-state index contributed by atoms with van der Waals surface area (Å²) in [5, 5.41) is 10.1. The molecule has 0 aliphatic heterocycles. The number of carboxylic acid groups (broad SMARTS) is 1. The van der Waals surface area contributed by atoms with Gasteiger partial charge in [0.15, 0.2) is 0 Å². The molecular weight excluding hydrogens is 175 g/mol. The molecule has 6 nitrogen and oxygen atoms in total. The Kier molecular flexibility index (Phi) is 12.9. The van der Waals surface area contributed by atoms with Crippen LogP contribution in [0.1, 0.15) is 0 Å². The first-order chi connectivity index (χ1) is 4.42. The van der Waals surface area contributed by atoms with E-state index in [0.29, 0.717) is 0 Å². The summed E-state index contributed by atoms with van der Waals surface area (Å²) >= 11 is 0. The Morgan fingerprint density at radius 3 is 2.00 bits per heavy atom. The quantitative estimate of drug-likeness (QED) is 0.285. The summed E-state index contributed by atoms with van der Waals surface area (Å²) in [5.41, 5.74) is 0. The zero-order valence-corrected chi connectivity index (χ0v) is 5.91. The fourth-order valence-corrected chi connectivity index (χ4v) is 0.712. The van der Waals surface area contributed by atoms with Gasteiger partial charge in [0.05, 0.1) is 12.8 Å². The van der Waals surface area contributed by atoms with E-state index in [0.717, 1.165) is 0 Å². The molecule has 12 heavy (non-hydrogen) atoms. The average Bonchev–Trinajstić information content (AvgIpc) is 1.59. The van der Waals surface area contributed by atoms with E-state index in [1.165, 1.54) is 0 Å². The summed E-state index contributed by atoms with van der Waals surface area (Å²) in [6.07, 6.45) is -0.598. The van der Waals surface area contributed by atoms with E-state index in [1.54, 1.807) is 0 Å². The number of rotatable bonds is 4. The molecular formula is C3H10Li2NO5P. The fraction of sp³-hybridized carbons (Fsp3) is 0.667. The van der Waals surface area contributed by atoms with Crippen LogP contribution in [0.3, 0.4) is 0 Å². The van der Waals surface area contributed by atoms with E-state index in [4.69, 9.17) is 14.9 Å². The predicted molar refractivity (Wildman–Crippen MR) is 46.8 cm³/mol. The van der Waals surface area contributed by atoms with Crippen LogP contribution >= 0.6 is 7.60 Å². The number of carbonyl (C=O) groups is 1. The van der Waals surface area contributed by atoms with Crippen LogP contribution in [0.2, 0.25) is 0 Å². The SMILES string of the molecule is O=C(O)CNCP(=O)(O)O.[LiH].[LiH]. The monoisotopic (exact) mass is 185 g/mol. The molecule has 0 radical (unpaired) electrons. The van der Waals surface area contributed by atoms with Crippen LogP contribution < -0.4 is 5.32 Å². The molecule has 0 aromatic carbocycles. The molecule has 64 valence electrons. The second-order valence-corrected chi connectivity index (χ2v) is 3.29. The van der Waals surface area contributed by atoms with Crippen LogP contribution in [0.15, 0.2) is 0 Å². The van der Waals surface area contributed by atoms with Gasteiger partial charge in [-0.25, -0.2) is 0 Å². The molecule has 4 N–H and O–H groups in total. The van der Waals surface area contributed by atoms with Crippen LogP contribution in [0, 0.1) is 0 Å². The molecule has 0 bridgehead atoms. The summed E-state index contributed by atoms with van der Waals surface area (Å²) in [4.78, 5) is 26.1. The molecule has 0 saturated heterocycles. The van der Waals surface area contributed by atoms with E-state index in [2.05, 4.69) is 5.32 Å². The van der Waals surface area contributed by atoms with Gasteiger partial charge in [0.2, 0.25) is 0 Å². The van der Waals surface area contributed by atoms with Crippen molar-refractivity contribution in [2.45, 2.75) is 0 Å². The summed E-state index contributed by atoms with van der Waals surface area (Å²) in [5.74, 6) is -1.14. The summed E-state index contributed by atoms with van der Waals surface area (Å²) < 4.78 is 10.1. The van der Waals surface area contributed by atoms with Gasteiger partial charge < -0.3 is 14.9 Å². The second kappa shape index (κ2) is 8.38. The van der Waals surface area contributed by atoms with Crippen molar-refractivity contribution in [2.75, 3.05) is 12.8 Å². The molecule has 0 unspecified atom stereocenters. The van der Waals surface area contributed by atoms with E-state index in [-0.39, 0.29) is 37.7 Å². The van der Waals surface area contributed by atoms with Crippen molar-refractivity contribution >= 4 is 51.3 Å². The summed E-state index contributed by atoms with van der Waals surface area (Å²) in [7, 11) is -4.10. The second-order valence-electron chi connectivity index (χ2n) is 1.64. The average molecular weight is 185 g/mol. The van der Waals surface area contributed by atoms with Crippen molar-refractivity contribution in [3.8, 4) is 0 Å². The third kappa shape index (κ3) is 17.0. The van der Waals surface area contributed by atoms with Crippen molar-refractivity contribution in [3.63, 3.8) is 0 Å². The number of hydrogen-bond donors (Lipinski definition) is 4. The third-order valence-corrected chi connectivity index (χ3v) is 1.23. The molecule has 0 atom stereocenters. The molecule has 9 heteroatoms. The van der Waals surface area contributed by atoms with Crippen LogP contribution in [-0.4, -0.2) is 71.4 Å². The molecule has 0 aliphatic rings. The zero-order valence-electron chi connectivity index (χ0n) is 5.02. The first-order valence-corrected chi connectivity index (χ1v) is 4.18. The molecule has 0 heterocycles. The maximum absolute atomic E-state index is 10.1. The van der Waals surface area contributed by atoms with Gasteiger partial charge in [-0.1, -0.05) is 0 Å². The molecule has 0 rings (SSSR count). The Morgan fingerprint density at radius 2 is 1.75 bits per heavy atom. The van der Waals surface area contributed by atoms with Gasteiger partial charge in [-0.3, -0.25) is 14.7 Å². The minimum absolute atomic E-state index is 0. The molecule has 0 aromatic rings. The molecule has 0 saturated carbocycles. The van der Waals surface area contributed by atoms with E-state index >= 15 is 0 Å². The van der Waals surface area contributed by atoms with Crippen molar-refractivity contribution < 1.29 is 24.3 Å².